The van der Waals surface area contributed by atoms with E-state index in [1.807, 2.05) is 19.0 Å². The van der Waals surface area contributed by atoms with Gasteiger partial charge in [0, 0.05) is 38.4 Å². The highest BCUT2D eigenvalue weighted by Crippen LogP contribution is 2.25. The number of amides is 1. The maximum atomic E-state index is 14.3. The molecule has 1 saturated heterocycles. The number of carbonyl (C=O) groups excluding carboxylic acids is 1. The summed E-state index contributed by atoms with van der Waals surface area (Å²) in [7, 11) is -0.244. The van der Waals surface area contributed by atoms with Gasteiger partial charge in [-0.3, -0.25) is 4.79 Å². The van der Waals surface area contributed by atoms with Gasteiger partial charge in [0.2, 0.25) is 16.0 Å². The van der Waals surface area contributed by atoms with Crippen molar-refractivity contribution in [2.24, 2.45) is 0 Å². The van der Waals surface area contributed by atoms with E-state index in [1.165, 1.54) is 10.4 Å². The van der Waals surface area contributed by atoms with Gasteiger partial charge in [-0.2, -0.15) is 4.31 Å². The van der Waals surface area contributed by atoms with Crippen molar-refractivity contribution >= 4 is 38.6 Å². The predicted octanol–water partition coefficient (Wildman–Crippen LogP) is 2.80. The SMILES string of the molecule is CN(C)c1nc2ccc(NC(=O)c3ccc(F)c(S(=O)(=O)N4CCCC4)c3)cc2[nH]1. The predicted molar refractivity (Wildman–Crippen MR) is 113 cm³/mol. The van der Waals surface area contributed by atoms with Crippen LogP contribution < -0.4 is 10.2 Å². The minimum absolute atomic E-state index is 0.0628. The second kappa shape index (κ2) is 7.69. The van der Waals surface area contributed by atoms with Crippen LogP contribution in [0, 0.1) is 5.82 Å². The van der Waals surface area contributed by atoms with Crippen LogP contribution in [0.1, 0.15) is 23.2 Å². The molecule has 1 aromatic heterocycles. The normalized spacial score (nSPS) is 14.9. The van der Waals surface area contributed by atoms with Gasteiger partial charge in [-0.25, -0.2) is 17.8 Å². The molecule has 1 amide bonds. The van der Waals surface area contributed by atoms with Crippen molar-refractivity contribution in [1.29, 1.82) is 0 Å². The standard InChI is InChI=1S/C20H22FN5O3S/c1-25(2)20-23-16-8-6-14(12-17(16)24-20)22-19(27)13-5-7-15(21)18(11-13)30(28,29)26-9-3-4-10-26/h5-8,11-12H,3-4,9-10H2,1-2H3,(H,22,27)(H,23,24). The van der Waals surface area contributed by atoms with Gasteiger partial charge in [0.15, 0.2) is 0 Å². The number of hydrogen-bond donors (Lipinski definition) is 2. The maximum absolute atomic E-state index is 14.3. The molecule has 0 saturated carbocycles. The smallest absolute Gasteiger partial charge is 0.255 e. The van der Waals surface area contributed by atoms with Gasteiger partial charge < -0.3 is 15.2 Å². The summed E-state index contributed by atoms with van der Waals surface area (Å²) in [5.74, 6) is -0.711. The summed E-state index contributed by atoms with van der Waals surface area (Å²) in [5.41, 5.74) is 2.06. The van der Waals surface area contributed by atoms with E-state index < -0.39 is 26.6 Å². The highest BCUT2D eigenvalue weighted by Gasteiger charge is 2.30. The number of anilines is 2. The van der Waals surface area contributed by atoms with E-state index in [0.29, 0.717) is 24.7 Å². The summed E-state index contributed by atoms with van der Waals surface area (Å²) in [6.45, 7) is 0.717. The lowest BCUT2D eigenvalue weighted by atomic mass is 10.2. The number of nitrogens with zero attached hydrogens (tertiary/aromatic N) is 3. The van der Waals surface area contributed by atoms with E-state index in [1.54, 1.807) is 18.2 Å². The van der Waals surface area contributed by atoms with Gasteiger partial charge >= 0.3 is 0 Å². The van der Waals surface area contributed by atoms with Crippen molar-refractivity contribution in [1.82, 2.24) is 14.3 Å². The van der Waals surface area contributed by atoms with E-state index in [2.05, 4.69) is 15.3 Å². The molecule has 0 aliphatic carbocycles. The first-order valence-electron chi connectivity index (χ1n) is 9.54. The van der Waals surface area contributed by atoms with Gasteiger partial charge in [-0.05, 0) is 49.2 Å². The number of rotatable bonds is 5. The Morgan fingerprint density at radius 1 is 1.17 bits per heavy atom. The first-order valence-corrected chi connectivity index (χ1v) is 11.0. The minimum Gasteiger partial charge on any atom is -0.349 e. The van der Waals surface area contributed by atoms with Crippen LogP contribution in [0.2, 0.25) is 0 Å². The van der Waals surface area contributed by atoms with Crippen LogP contribution in [0.25, 0.3) is 11.0 Å². The lowest BCUT2D eigenvalue weighted by molar-refractivity contribution is 0.102. The van der Waals surface area contributed by atoms with Crippen molar-refractivity contribution in [3.8, 4) is 0 Å². The van der Waals surface area contributed by atoms with E-state index in [9.17, 15) is 17.6 Å². The quantitative estimate of drug-likeness (QED) is 0.647. The zero-order valence-corrected chi connectivity index (χ0v) is 17.5. The molecule has 4 rings (SSSR count). The van der Waals surface area contributed by atoms with E-state index in [4.69, 9.17) is 0 Å². The number of carbonyl (C=O) groups is 1. The summed E-state index contributed by atoms with van der Waals surface area (Å²) in [4.78, 5) is 21.6. The number of hydrogen-bond acceptors (Lipinski definition) is 5. The zero-order chi connectivity index (χ0) is 21.5. The first kappa shape index (κ1) is 20.3. The summed E-state index contributed by atoms with van der Waals surface area (Å²) >= 11 is 0. The van der Waals surface area contributed by atoms with Crippen LogP contribution in [0.15, 0.2) is 41.3 Å². The largest absolute Gasteiger partial charge is 0.349 e. The number of nitrogens with one attached hydrogen (secondary N) is 2. The third-order valence-corrected chi connectivity index (χ3v) is 6.94. The lowest BCUT2D eigenvalue weighted by Crippen LogP contribution is -2.29. The molecule has 0 unspecified atom stereocenters. The van der Waals surface area contributed by atoms with Crippen LogP contribution >= 0.6 is 0 Å². The van der Waals surface area contributed by atoms with Gasteiger partial charge in [-0.1, -0.05) is 0 Å². The molecule has 1 aliphatic heterocycles. The molecule has 8 nitrogen and oxygen atoms in total. The summed E-state index contributed by atoms with van der Waals surface area (Å²) in [6.07, 6.45) is 1.49. The van der Waals surface area contributed by atoms with Gasteiger partial charge in [0.25, 0.3) is 5.91 Å². The number of sulfonamides is 1. The van der Waals surface area contributed by atoms with Crippen LogP contribution in [-0.4, -0.2) is 55.8 Å². The molecule has 2 heterocycles. The summed E-state index contributed by atoms with van der Waals surface area (Å²) in [6, 6.07) is 8.58. The lowest BCUT2D eigenvalue weighted by Gasteiger charge is -2.16. The number of aromatic nitrogens is 2. The van der Waals surface area contributed by atoms with Crippen LogP contribution in [-0.2, 0) is 10.0 Å². The molecular formula is C20H22FN5O3S. The molecule has 0 spiro atoms. The third kappa shape index (κ3) is 3.75. The molecule has 30 heavy (non-hydrogen) atoms. The Bertz CT molecular complexity index is 1220. The molecule has 10 heteroatoms. The van der Waals surface area contributed by atoms with Gasteiger partial charge in [0.05, 0.1) is 11.0 Å². The fourth-order valence-corrected chi connectivity index (χ4v) is 5.01. The van der Waals surface area contributed by atoms with Crippen LogP contribution in [0.3, 0.4) is 0 Å². The second-order valence-electron chi connectivity index (χ2n) is 7.40. The molecule has 1 fully saturated rings. The maximum Gasteiger partial charge on any atom is 0.255 e. The molecule has 158 valence electrons. The molecule has 0 bridgehead atoms. The molecule has 1 aliphatic rings. The average Bonchev–Trinajstić information content (AvgIpc) is 3.38. The number of imidazole rings is 1. The summed E-state index contributed by atoms with van der Waals surface area (Å²) in [5, 5.41) is 2.73. The summed E-state index contributed by atoms with van der Waals surface area (Å²) < 4.78 is 41.0. The second-order valence-corrected chi connectivity index (χ2v) is 9.30. The zero-order valence-electron chi connectivity index (χ0n) is 16.6. The van der Waals surface area contributed by atoms with Crippen molar-refractivity contribution in [3.05, 3.63) is 47.8 Å². The molecular weight excluding hydrogens is 409 g/mol. The van der Waals surface area contributed by atoms with Crippen LogP contribution in [0.5, 0.6) is 0 Å². The Morgan fingerprint density at radius 2 is 1.90 bits per heavy atom. The topological polar surface area (TPSA) is 98.4 Å². The Labute approximate surface area is 173 Å². The van der Waals surface area contributed by atoms with Gasteiger partial charge in [-0.15, -0.1) is 0 Å². The first-order chi connectivity index (χ1) is 14.3. The number of fused-ring (bicyclic) bond motifs is 1. The number of H-pyrrole nitrogens is 1. The Balaban J connectivity index is 1.60. The highest BCUT2D eigenvalue weighted by atomic mass is 32.2. The monoisotopic (exact) mass is 431 g/mol. The molecule has 0 radical (unpaired) electrons. The number of aromatic amines is 1. The molecule has 0 atom stereocenters. The number of benzene rings is 2. The van der Waals surface area contributed by atoms with E-state index >= 15 is 0 Å². The van der Waals surface area contributed by atoms with Gasteiger partial charge in [0.1, 0.15) is 10.7 Å². The minimum atomic E-state index is -3.97. The Morgan fingerprint density at radius 3 is 2.60 bits per heavy atom. The van der Waals surface area contributed by atoms with Crippen molar-refractivity contribution in [2.45, 2.75) is 17.7 Å². The van der Waals surface area contributed by atoms with Crippen molar-refractivity contribution in [2.75, 3.05) is 37.4 Å². The third-order valence-electron chi connectivity index (χ3n) is 5.03. The fraction of sp³-hybridized carbons (Fsp3) is 0.300. The Hall–Kier alpha value is -2.98. The molecule has 2 aromatic carbocycles. The van der Waals surface area contributed by atoms with E-state index in [-0.39, 0.29) is 5.56 Å². The van der Waals surface area contributed by atoms with Crippen LogP contribution in [0.4, 0.5) is 16.0 Å². The van der Waals surface area contributed by atoms with Crippen molar-refractivity contribution < 1.29 is 17.6 Å². The molecule has 2 N–H and O–H groups in total. The Kier molecular flexibility index (Phi) is 5.20. The highest BCUT2D eigenvalue weighted by molar-refractivity contribution is 7.89. The fourth-order valence-electron chi connectivity index (χ4n) is 3.40. The molecule has 3 aromatic rings. The number of halogens is 1. The average molecular weight is 431 g/mol. The van der Waals surface area contributed by atoms with Crippen molar-refractivity contribution in [3.63, 3.8) is 0 Å². The van der Waals surface area contributed by atoms with E-state index in [0.717, 1.165) is 36.0 Å².